The first-order valence-electron chi connectivity index (χ1n) is 5.24. The normalized spacial score (nSPS) is 9.74. The number of rotatable bonds is 2. The molecule has 6 heteroatoms. The molecular formula is C13H7BrFN3O. The molecule has 4 nitrogen and oxygen atoms in total. The van der Waals surface area contributed by atoms with Gasteiger partial charge in [0.15, 0.2) is 0 Å². The Labute approximate surface area is 117 Å². The van der Waals surface area contributed by atoms with E-state index in [1.807, 2.05) is 0 Å². The first-order chi connectivity index (χ1) is 9.13. The predicted octanol–water partition coefficient (Wildman–Crippen LogP) is 3.11. The minimum absolute atomic E-state index is 0.116. The van der Waals surface area contributed by atoms with E-state index < -0.39 is 11.7 Å². The molecule has 1 amide bonds. The Kier molecular flexibility index (Phi) is 3.88. The lowest BCUT2D eigenvalue weighted by Crippen LogP contribution is -2.15. The van der Waals surface area contributed by atoms with E-state index in [0.29, 0.717) is 4.47 Å². The molecular weight excluding hydrogens is 313 g/mol. The Morgan fingerprint density at radius 2 is 2.16 bits per heavy atom. The van der Waals surface area contributed by atoms with Gasteiger partial charge in [-0.05, 0) is 40.2 Å². The van der Waals surface area contributed by atoms with Crippen LogP contribution in [0.15, 0.2) is 41.0 Å². The average Bonchev–Trinajstić information content (AvgIpc) is 2.39. The minimum atomic E-state index is -0.680. The van der Waals surface area contributed by atoms with Crippen molar-refractivity contribution >= 4 is 27.5 Å². The SMILES string of the molecule is N#Cc1c(F)cccc1NC(=O)c1ncccc1Br. The first kappa shape index (κ1) is 13.2. The fraction of sp³-hybridized carbons (Fsp3) is 0. The Balaban J connectivity index is 2.33. The number of anilines is 1. The number of nitrogens with one attached hydrogen (secondary N) is 1. The molecule has 0 spiro atoms. The van der Waals surface area contributed by atoms with Gasteiger partial charge in [-0.15, -0.1) is 0 Å². The number of carbonyl (C=O) groups is 1. The van der Waals surface area contributed by atoms with Crippen LogP contribution in [0.3, 0.4) is 0 Å². The standard InChI is InChI=1S/C13H7BrFN3O/c14-9-3-2-6-17-12(9)13(19)18-11-5-1-4-10(15)8(11)7-16/h1-6H,(H,18,19). The molecule has 1 N–H and O–H groups in total. The van der Waals surface area contributed by atoms with Crippen LogP contribution in [0, 0.1) is 17.1 Å². The summed E-state index contributed by atoms with van der Waals surface area (Å²) in [7, 11) is 0. The molecule has 19 heavy (non-hydrogen) atoms. The maximum absolute atomic E-state index is 13.4. The Hall–Kier alpha value is -2.26. The van der Waals surface area contributed by atoms with E-state index in [-0.39, 0.29) is 16.9 Å². The first-order valence-corrected chi connectivity index (χ1v) is 6.03. The summed E-state index contributed by atoms with van der Waals surface area (Å²) < 4.78 is 13.9. The highest BCUT2D eigenvalue weighted by molar-refractivity contribution is 9.10. The lowest BCUT2D eigenvalue weighted by Gasteiger charge is -2.07. The van der Waals surface area contributed by atoms with Crippen LogP contribution < -0.4 is 5.32 Å². The van der Waals surface area contributed by atoms with Crippen molar-refractivity contribution in [1.29, 1.82) is 5.26 Å². The molecule has 2 aromatic rings. The molecule has 1 heterocycles. The second-order valence-corrected chi connectivity index (χ2v) is 4.42. The van der Waals surface area contributed by atoms with Crippen molar-refractivity contribution in [2.45, 2.75) is 0 Å². The van der Waals surface area contributed by atoms with E-state index in [9.17, 15) is 9.18 Å². The van der Waals surface area contributed by atoms with Crippen LogP contribution in [0.5, 0.6) is 0 Å². The van der Waals surface area contributed by atoms with Gasteiger partial charge in [0.2, 0.25) is 0 Å². The Morgan fingerprint density at radius 1 is 1.37 bits per heavy atom. The van der Waals surface area contributed by atoms with Gasteiger partial charge in [-0.1, -0.05) is 6.07 Å². The van der Waals surface area contributed by atoms with Gasteiger partial charge in [-0.25, -0.2) is 9.37 Å². The van der Waals surface area contributed by atoms with E-state index in [4.69, 9.17) is 5.26 Å². The third-order valence-corrected chi connectivity index (χ3v) is 2.99. The van der Waals surface area contributed by atoms with Gasteiger partial charge in [-0.2, -0.15) is 5.26 Å². The molecule has 1 aromatic carbocycles. The van der Waals surface area contributed by atoms with Gasteiger partial charge in [0.1, 0.15) is 23.1 Å². The van der Waals surface area contributed by atoms with Crippen LogP contribution in [0.25, 0.3) is 0 Å². The molecule has 0 aliphatic carbocycles. The molecule has 94 valence electrons. The van der Waals surface area contributed by atoms with E-state index in [1.54, 1.807) is 18.2 Å². The van der Waals surface area contributed by atoms with Gasteiger partial charge < -0.3 is 5.32 Å². The molecule has 2 rings (SSSR count). The van der Waals surface area contributed by atoms with Crippen molar-refractivity contribution in [3.63, 3.8) is 0 Å². The van der Waals surface area contributed by atoms with Gasteiger partial charge in [0.25, 0.3) is 5.91 Å². The van der Waals surface area contributed by atoms with Crippen LogP contribution >= 0.6 is 15.9 Å². The number of carbonyl (C=O) groups excluding carboxylic acids is 1. The molecule has 0 radical (unpaired) electrons. The zero-order valence-corrected chi connectivity index (χ0v) is 11.1. The monoisotopic (exact) mass is 319 g/mol. The zero-order chi connectivity index (χ0) is 13.8. The Bertz CT molecular complexity index is 682. The van der Waals surface area contributed by atoms with E-state index in [2.05, 4.69) is 26.2 Å². The van der Waals surface area contributed by atoms with Gasteiger partial charge in [0, 0.05) is 10.7 Å². The van der Waals surface area contributed by atoms with Gasteiger partial charge in [-0.3, -0.25) is 4.79 Å². The van der Waals surface area contributed by atoms with Crippen molar-refractivity contribution in [2.75, 3.05) is 5.32 Å². The van der Waals surface area contributed by atoms with Crippen LogP contribution in [0.1, 0.15) is 16.1 Å². The number of nitrogens with zero attached hydrogens (tertiary/aromatic N) is 2. The summed E-state index contributed by atoms with van der Waals surface area (Å²) in [6.07, 6.45) is 1.47. The van der Waals surface area contributed by atoms with E-state index in [1.165, 1.54) is 18.3 Å². The average molecular weight is 320 g/mol. The lowest BCUT2D eigenvalue weighted by molar-refractivity contribution is 0.102. The van der Waals surface area contributed by atoms with Crippen molar-refractivity contribution in [1.82, 2.24) is 4.98 Å². The highest BCUT2D eigenvalue weighted by Gasteiger charge is 2.14. The maximum Gasteiger partial charge on any atom is 0.275 e. The summed E-state index contributed by atoms with van der Waals surface area (Å²) in [6, 6.07) is 9.08. The molecule has 0 unspecified atom stereocenters. The number of amides is 1. The highest BCUT2D eigenvalue weighted by atomic mass is 79.9. The molecule has 0 bridgehead atoms. The molecule has 0 saturated heterocycles. The molecule has 0 aliphatic heterocycles. The predicted molar refractivity (Wildman–Crippen MR) is 71.0 cm³/mol. The molecule has 0 fully saturated rings. The second-order valence-electron chi connectivity index (χ2n) is 3.56. The third kappa shape index (κ3) is 2.77. The summed E-state index contributed by atoms with van der Waals surface area (Å²) in [6.45, 7) is 0. The van der Waals surface area contributed by atoms with Crippen molar-refractivity contribution in [3.8, 4) is 6.07 Å². The number of hydrogen-bond donors (Lipinski definition) is 1. The number of benzene rings is 1. The van der Waals surface area contributed by atoms with Crippen LogP contribution in [-0.4, -0.2) is 10.9 Å². The number of halogens is 2. The fourth-order valence-corrected chi connectivity index (χ4v) is 1.91. The topological polar surface area (TPSA) is 65.8 Å². The summed E-state index contributed by atoms with van der Waals surface area (Å²) in [5.41, 5.74) is 0.0728. The molecule has 0 saturated carbocycles. The Morgan fingerprint density at radius 3 is 2.84 bits per heavy atom. The summed E-state index contributed by atoms with van der Waals surface area (Å²) in [4.78, 5) is 15.9. The van der Waals surface area contributed by atoms with Gasteiger partial charge >= 0.3 is 0 Å². The molecule has 0 aliphatic rings. The fourth-order valence-electron chi connectivity index (χ4n) is 1.48. The maximum atomic E-state index is 13.4. The summed E-state index contributed by atoms with van der Waals surface area (Å²) >= 11 is 3.20. The molecule has 0 atom stereocenters. The minimum Gasteiger partial charge on any atom is -0.319 e. The van der Waals surface area contributed by atoms with Crippen molar-refractivity contribution in [2.24, 2.45) is 0 Å². The van der Waals surface area contributed by atoms with E-state index in [0.717, 1.165) is 6.07 Å². The van der Waals surface area contributed by atoms with Crippen molar-refractivity contribution < 1.29 is 9.18 Å². The van der Waals surface area contributed by atoms with Crippen LogP contribution in [0.2, 0.25) is 0 Å². The number of nitriles is 1. The van der Waals surface area contributed by atoms with Crippen LogP contribution in [0.4, 0.5) is 10.1 Å². The summed E-state index contributed by atoms with van der Waals surface area (Å²) in [5, 5.41) is 11.3. The largest absolute Gasteiger partial charge is 0.319 e. The molecule has 1 aromatic heterocycles. The number of aromatic nitrogens is 1. The quantitative estimate of drug-likeness (QED) is 0.924. The zero-order valence-electron chi connectivity index (χ0n) is 9.52. The summed E-state index contributed by atoms with van der Waals surface area (Å²) in [5.74, 6) is -1.20. The highest BCUT2D eigenvalue weighted by Crippen LogP contribution is 2.20. The third-order valence-electron chi connectivity index (χ3n) is 2.35. The number of pyridine rings is 1. The number of hydrogen-bond acceptors (Lipinski definition) is 3. The smallest absolute Gasteiger partial charge is 0.275 e. The second kappa shape index (κ2) is 5.59. The van der Waals surface area contributed by atoms with Crippen LogP contribution in [-0.2, 0) is 0 Å². The van der Waals surface area contributed by atoms with Gasteiger partial charge in [0.05, 0.1) is 5.69 Å². The van der Waals surface area contributed by atoms with E-state index >= 15 is 0 Å². The lowest BCUT2D eigenvalue weighted by atomic mass is 10.2. The van der Waals surface area contributed by atoms with Crippen molar-refractivity contribution in [3.05, 3.63) is 58.1 Å².